The minimum atomic E-state index is 0.0793. The molecule has 3 nitrogen and oxygen atoms in total. The van der Waals surface area contributed by atoms with Crippen LogP contribution < -0.4 is 5.73 Å². The molecule has 88 valence electrons. The molecule has 4 heteroatoms. The number of morpholine rings is 1. The van der Waals surface area contributed by atoms with E-state index < -0.39 is 0 Å². The van der Waals surface area contributed by atoms with Crippen LogP contribution in [-0.4, -0.2) is 37.7 Å². The molecule has 1 saturated heterocycles. The first-order chi connectivity index (χ1) is 7.75. The van der Waals surface area contributed by atoms with Crippen LogP contribution in [0.2, 0.25) is 0 Å². The lowest BCUT2D eigenvalue weighted by molar-refractivity contribution is 0.0352. The second-order valence-electron chi connectivity index (χ2n) is 4.07. The molecule has 0 unspecified atom stereocenters. The highest BCUT2D eigenvalue weighted by Gasteiger charge is 2.15. The highest BCUT2D eigenvalue weighted by Crippen LogP contribution is 2.17. The van der Waals surface area contributed by atoms with Gasteiger partial charge in [-0.25, -0.2) is 0 Å². The van der Waals surface area contributed by atoms with E-state index in [1.54, 1.807) is 0 Å². The van der Waals surface area contributed by atoms with Gasteiger partial charge in [-0.15, -0.1) is 0 Å². The van der Waals surface area contributed by atoms with Crippen molar-refractivity contribution >= 4 is 15.9 Å². The van der Waals surface area contributed by atoms with Crippen LogP contribution in [0, 0.1) is 0 Å². The van der Waals surface area contributed by atoms with Crippen LogP contribution in [0.15, 0.2) is 28.7 Å². The number of ether oxygens (including phenoxy) is 1. The number of hydrogen-bond donors (Lipinski definition) is 1. The molecular weight excluding hydrogens is 268 g/mol. The molecule has 2 rings (SSSR count). The fourth-order valence-electron chi connectivity index (χ4n) is 1.90. The molecule has 0 amide bonds. The average Bonchev–Trinajstić information content (AvgIpc) is 2.30. The van der Waals surface area contributed by atoms with Crippen LogP contribution in [0.5, 0.6) is 0 Å². The predicted octanol–water partition coefficient (Wildman–Crippen LogP) is 1.78. The van der Waals surface area contributed by atoms with Crippen LogP contribution in [0.25, 0.3) is 0 Å². The molecule has 0 bridgehead atoms. The van der Waals surface area contributed by atoms with Gasteiger partial charge >= 0.3 is 0 Å². The molecule has 1 aliphatic heterocycles. The highest BCUT2D eigenvalue weighted by molar-refractivity contribution is 9.10. The van der Waals surface area contributed by atoms with E-state index in [0.717, 1.165) is 37.3 Å². The number of rotatable bonds is 3. The van der Waals surface area contributed by atoms with Crippen molar-refractivity contribution in [3.05, 3.63) is 34.3 Å². The van der Waals surface area contributed by atoms with Crippen molar-refractivity contribution in [3.63, 3.8) is 0 Å². The van der Waals surface area contributed by atoms with E-state index in [1.165, 1.54) is 5.56 Å². The van der Waals surface area contributed by atoms with Crippen molar-refractivity contribution in [2.45, 2.75) is 6.04 Å². The summed E-state index contributed by atoms with van der Waals surface area (Å²) in [6.45, 7) is 4.53. The number of halogens is 1. The Hall–Kier alpha value is -0.420. The third kappa shape index (κ3) is 3.28. The molecule has 0 radical (unpaired) electrons. The smallest absolute Gasteiger partial charge is 0.0594 e. The third-order valence-electron chi connectivity index (χ3n) is 2.84. The largest absolute Gasteiger partial charge is 0.379 e. The summed E-state index contributed by atoms with van der Waals surface area (Å²) < 4.78 is 6.40. The van der Waals surface area contributed by atoms with Gasteiger partial charge in [-0.1, -0.05) is 28.1 Å². The lowest BCUT2D eigenvalue weighted by Crippen LogP contribution is -2.40. The Bertz CT molecular complexity index is 340. The average molecular weight is 285 g/mol. The molecule has 0 aromatic heterocycles. The van der Waals surface area contributed by atoms with Crippen LogP contribution in [-0.2, 0) is 4.74 Å². The minimum Gasteiger partial charge on any atom is -0.379 e. The normalized spacial score (nSPS) is 19.6. The van der Waals surface area contributed by atoms with E-state index in [0.29, 0.717) is 0 Å². The van der Waals surface area contributed by atoms with Gasteiger partial charge in [0.15, 0.2) is 0 Å². The molecule has 1 fully saturated rings. The predicted molar refractivity (Wildman–Crippen MR) is 68.3 cm³/mol. The number of benzene rings is 1. The zero-order chi connectivity index (χ0) is 11.4. The van der Waals surface area contributed by atoms with Crippen molar-refractivity contribution in [1.29, 1.82) is 0 Å². The van der Waals surface area contributed by atoms with Crippen molar-refractivity contribution in [2.75, 3.05) is 32.8 Å². The zero-order valence-electron chi connectivity index (χ0n) is 9.23. The maximum atomic E-state index is 6.19. The van der Waals surface area contributed by atoms with E-state index in [1.807, 2.05) is 12.1 Å². The van der Waals surface area contributed by atoms with Crippen molar-refractivity contribution < 1.29 is 4.74 Å². The first-order valence-corrected chi connectivity index (χ1v) is 6.36. The first kappa shape index (κ1) is 12.0. The van der Waals surface area contributed by atoms with Gasteiger partial charge in [0.05, 0.1) is 13.2 Å². The zero-order valence-corrected chi connectivity index (χ0v) is 10.8. The van der Waals surface area contributed by atoms with Gasteiger partial charge in [-0.05, 0) is 17.7 Å². The van der Waals surface area contributed by atoms with Gasteiger partial charge in [0.25, 0.3) is 0 Å². The molecule has 0 saturated carbocycles. The van der Waals surface area contributed by atoms with Crippen molar-refractivity contribution in [3.8, 4) is 0 Å². The summed E-state index contributed by atoms with van der Waals surface area (Å²) in [7, 11) is 0. The third-order valence-corrected chi connectivity index (χ3v) is 3.33. The Balaban J connectivity index is 1.94. The molecule has 1 aliphatic rings. The van der Waals surface area contributed by atoms with E-state index in [9.17, 15) is 0 Å². The van der Waals surface area contributed by atoms with E-state index in [4.69, 9.17) is 10.5 Å². The van der Waals surface area contributed by atoms with E-state index >= 15 is 0 Å². The van der Waals surface area contributed by atoms with Crippen LogP contribution in [0.3, 0.4) is 0 Å². The second kappa shape index (κ2) is 5.77. The maximum Gasteiger partial charge on any atom is 0.0594 e. The van der Waals surface area contributed by atoms with Crippen LogP contribution in [0.4, 0.5) is 0 Å². The van der Waals surface area contributed by atoms with Gasteiger partial charge < -0.3 is 10.5 Å². The Morgan fingerprint density at radius 3 is 2.81 bits per heavy atom. The molecule has 0 spiro atoms. The first-order valence-electron chi connectivity index (χ1n) is 5.57. The van der Waals surface area contributed by atoms with Gasteiger partial charge in [-0.3, -0.25) is 4.90 Å². The van der Waals surface area contributed by atoms with Crippen LogP contribution >= 0.6 is 15.9 Å². The topological polar surface area (TPSA) is 38.5 Å². The Morgan fingerprint density at radius 1 is 1.38 bits per heavy atom. The lowest BCUT2D eigenvalue weighted by atomic mass is 10.1. The fourth-order valence-corrected chi connectivity index (χ4v) is 2.32. The quantitative estimate of drug-likeness (QED) is 0.920. The molecule has 16 heavy (non-hydrogen) atoms. The summed E-state index contributed by atoms with van der Waals surface area (Å²) in [5.41, 5.74) is 7.37. The summed E-state index contributed by atoms with van der Waals surface area (Å²) in [5, 5.41) is 0. The summed E-state index contributed by atoms with van der Waals surface area (Å²) in [5.74, 6) is 0. The number of nitrogens with two attached hydrogens (primary N) is 1. The lowest BCUT2D eigenvalue weighted by Gasteiger charge is -2.29. The SMILES string of the molecule is N[C@@H](CN1CCOCC1)c1cccc(Br)c1. The van der Waals surface area contributed by atoms with E-state index in [-0.39, 0.29) is 6.04 Å². The Morgan fingerprint density at radius 2 is 2.12 bits per heavy atom. The van der Waals surface area contributed by atoms with Gasteiger partial charge in [0.2, 0.25) is 0 Å². The van der Waals surface area contributed by atoms with Gasteiger partial charge in [0, 0.05) is 30.1 Å². The summed E-state index contributed by atoms with van der Waals surface area (Å²) in [6, 6.07) is 8.29. The van der Waals surface area contributed by atoms with Crippen molar-refractivity contribution in [1.82, 2.24) is 4.90 Å². The molecule has 1 heterocycles. The van der Waals surface area contributed by atoms with Gasteiger partial charge in [0.1, 0.15) is 0 Å². The standard InChI is InChI=1S/C12H17BrN2O/c13-11-3-1-2-10(8-11)12(14)9-15-4-6-16-7-5-15/h1-3,8,12H,4-7,9,14H2/t12-/m0/s1. The maximum absolute atomic E-state index is 6.19. The van der Waals surface area contributed by atoms with Gasteiger partial charge in [-0.2, -0.15) is 0 Å². The summed E-state index contributed by atoms with van der Waals surface area (Å²) in [6.07, 6.45) is 0. The van der Waals surface area contributed by atoms with E-state index in [2.05, 4.69) is 33.0 Å². The monoisotopic (exact) mass is 284 g/mol. The second-order valence-corrected chi connectivity index (χ2v) is 4.99. The summed E-state index contributed by atoms with van der Waals surface area (Å²) >= 11 is 3.47. The van der Waals surface area contributed by atoms with Crippen LogP contribution in [0.1, 0.15) is 11.6 Å². The molecular formula is C12H17BrN2O. The Kier molecular flexibility index (Phi) is 4.35. The minimum absolute atomic E-state index is 0.0793. The van der Waals surface area contributed by atoms with Crippen molar-refractivity contribution in [2.24, 2.45) is 5.73 Å². The number of hydrogen-bond acceptors (Lipinski definition) is 3. The molecule has 0 aliphatic carbocycles. The highest BCUT2D eigenvalue weighted by atomic mass is 79.9. The fraction of sp³-hybridized carbons (Fsp3) is 0.500. The number of nitrogens with zero attached hydrogens (tertiary/aromatic N) is 1. The Labute approximate surface area is 105 Å². The molecule has 1 aromatic carbocycles. The summed E-state index contributed by atoms with van der Waals surface area (Å²) in [4.78, 5) is 2.36. The molecule has 2 N–H and O–H groups in total. The molecule has 1 atom stereocenters. The molecule has 1 aromatic rings.